The summed E-state index contributed by atoms with van der Waals surface area (Å²) in [6, 6.07) is 3.80. The minimum Gasteiger partial charge on any atom is -0.380 e. The van der Waals surface area contributed by atoms with Gasteiger partial charge >= 0.3 is 0 Å². The van der Waals surface area contributed by atoms with Crippen LogP contribution in [0.4, 0.5) is 4.39 Å². The molecule has 1 N–H and O–H groups in total. The predicted octanol–water partition coefficient (Wildman–Crippen LogP) is 2.61. The third kappa shape index (κ3) is 4.84. The van der Waals surface area contributed by atoms with Crippen LogP contribution in [0, 0.1) is 19.7 Å². The molecule has 0 aliphatic rings. The smallest absolute Gasteiger partial charge is 0.129 e. The van der Waals surface area contributed by atoms with E-state index in [1.807, 2.05) is 12.1 Å². The van der Waals surface area contributed by atoms with Crippen LogP contribution in [0.3, 0.4) is 0 Å². The molecule has 0 fully saturated rings. The molecule has 0 bridgehead atoms. The summed E-state index contributed by atoms with van der Waals surface area (Å²) in [5.41, 5.74) is 2.57. The molecule has 0 saturated heterocycles. The molecule has 0 aliphatic heterocycles. The van der Waals surface area contributed by atoms with Gasteiger partial charge in [0, 0.05) is 6.54 Å². The number of aryl methyl sites for hydroxylation is 2. The van der Waals surface area contributed by atoms with E-state index < -0.39 is 0 Å². The Kier molecular flexibility index (Phi) is 6.16. The Morgan fingerprint density at radius 3 is 2.41 bits per heavy atom. The highest BCUT2D eigenvalue weighted by Crippen LogP contribution is 2.15. The molecule has 3 heteroatoms. The van der Waals surface area contributed by atoms with Gasteiger partial charge in [-0.1, -0.05) is 19.1 Å². The minimum atomic E-state index is -0.0955. The number of ether oxygens (including phenoxy) is 1. The van der Waals surface area contributed by atoms with Crippen molar-refractivity contribution in [2.45, 2.75) is 27.2 Å². The summed E-state index contributed by atoms with van der Waals surface area (Å²) in [4.78, 5) is 0. The third-order valence-corrected chi connectivity index (χ3v) is 2.70. The fraction of sp³-hybridized carbons (Fsp3) is 0.571. The molecule has 0 heterocycles. The predicted molar refractivity (Wildman–Crippen MR) is 68.9 cm³/mol. The molecule has 0 saturated carbocycles. The van der Waals surface area contributed by atoms with Crippen molar-refractivity contribution in [1.82, 2.24) is 5.32 Å². The molecule has 0 atom stereocenters. The van der Waals surface area contributed by atoms with Crippen LogP contribution in [-0.2, 0) is 11.2 Å². The SMILES string of the molecule is CCNCCOCCc1cc(C)c(F)c(C)c1. The number of halogens is 1. The van der Waals surface area contributed by atoms with E-state index in [4.69, 9.17) is 4.74 Å². The van der Waals surface area contributed by atoms with Gasteiger partial charge in [0.25, 0.3) is 0 Å². The van der Waals surface area contributed by atoms with Gasteiger partial charge in [-0.05, 0) is 43.5 Å². The second kappa shape index (κ2) is 7.41. The van der Waals surface area contributed by atoms with Gasteiger partial charge in [0.15, 0.2) is 0 Å². The molecule has 0 spiro atoms. The van der Waals surface area contributed by atoms with Crippen LogP contribution in [0.25, 0.3) is 0 Å². The molecule has 0 amide bonds. The standard InChI is InChI=1S/C14H22FNO/c1-4-16-6-8-17-7-5-13-9-11(2)14(15)12(3)10-13/h9-10,16H,4-8H2,1-3H3. The molecule has 0 radical (unpaired) electrons. The van der Waals surface area contributed by atoms with Crippen molar-refractivity contribution < 1.29 is 9.13 Å². The van der Waals surface area contributed by atoms with Gasteiger partial charge < -0.3 is 10.1 Å². The van der Waals surface area contributed by atoms with Crippen molar-refractivity contribution in [1.29, 1.82) is 0 Å². The molecule has 0 aromatic heterocycles. The van der Waals surface area contributed by atoms with Gasteiger partial charge in [0.2, 0.25) is 0 Å². The second-order valence-electron chi connectivity index (χ2n) is 4.26. The molecule has 1 aromatic carbocycles. The van der Waals surface area contributed by atoms with Crippen LogP contribution in [0.1, 0.15) is 23.6 Å². The number of likely N-dealkylation sites (N-methyl/N-ethyl adjacent to an activating group) is 1. The van der Waals surface area contributed by atoms with Crippen molar-refractivity contribution >= 4 is 0 Å². The first-order valence-corrected chi connectivity index (χ1v) is 6.19. The summed E-state index contributed by atoms with van der Waals surface area (Å²) in [6.07, 6.45) is 0.841. The highest BCUT2D eigenvalue weighted by atomic mass is 19.1. The van der Waals surface area contributed by atoms with E-state index in [9.17, 15) is 4.39 Å². The Balaban J connectivity index is 2.32. The Hall–Kier alpha value is -0.930. The normalized spacial score (nSPS) is 10.8. The number of hydrogen-bond acceptors (Lipinski definition) is 2. The zero-order valence-corrected chi connectivity index (χ0v) is 11.0. The van der Waals surface area contributed by atoms with Crippen molar-refractivity contribution in [2.75, 3.05) is 26.3 Å². The summed E-state index contributed by atoms with van der Waals surface area (Å²) >= 11 is 0. The summed E-state index contributed by atoms with van der Waals surface area (Å²) in [7, 11) is 0. The van der Waals surface area contributed by atoms with Gasteiger partial charge in [-0.25, -0.2) is 4.39 Å². The Bertz CT molecular complexity index is 329. The third-order valence-electron chi connectivity index (χ3n) is 2.70. The van der Waals surface area contributed by atoms with E-state index in [-0.39, 0.29) is 5.82 Å². The first kappa shape index (κ1) is 14.1. The molecular formula is C14H22FNO. The topological polar surface area (TPSA) is 21.3 Å². The minimum absolute atomic E-state index is 0.0955. The summed E-state index contributed by atoms with van der Waals surface area (Å²) in [5, 5.41) is 3.20. The lowest BCUT2D eigenvalue weighted by molar-refractivity contribution is 0.139. The van der Waals surface area contributed by atoms with Crippen LogP contribution in [-0.4, -0.2) is 26.3 Å². The molecule has 0 aliphatic carbocycles. The maximum Gasteiger partial charge on any atom is 0.129 e. The lowest BCUT2D eigenvalue weighted by Gasteiger charge is -2.08. The van der Waals surface area contributed by atoms with E-state index in [0.29, 0.717) is 17.7 Å². The Labute approximate surface area is 103 Å². The van der Waals surface area contributed by atoms with E-state index >= 15 is 0 Å². The maximum atomic E-state index is 13.4. The monoisotopic (exact) mass is 239 g/mol. The molecule has 1 aromatic rings. The largest absolute Gasteiger partial charge is 0.380 e. The fourth-order valence-corrected chi connectivity index (χ4v) is 1.79. The van der Waals surface area contributed by atoms with E-state index in [1.54, 1.807) is 13.8 Å². The summed E-state index contributed by atoms with van der Waals surface area (Å²) in [5.74, 6) is -0.0955. The van der Waals surface area contributed by atoms with Crippen LogP contribution in [0.2, 0.25) is 0 Å². The molecule has 2 nitrogen and oxygen atoms in total. The van der Waals surface area contributed by atoms with Crippen LogP contribution in [0.5, 0.6) is 0 Å². The quantitative estimate of drug-likeness (QED) is 0.738. The van der Waals surface area contributed by atoms with Gasteiger partial charge in [-0.15, -0.1) is 0 Å². The molecule has 17 heavy (non-hydrogen) atoms. The number of benzene rings is 1. The van der Waals surface area contributed by atoms with Gasteiger partial charge in [0.05, 0.1) is 13.2 Å². The van der Waals surface area contributed by atoms with E-state index in [1.165, 1.54) is 0 Å². The second-order valence-corrected chi connectivity index (χ2v) is 4.26. The van der Waals surface area contributed by atoms with Gasteiger partial charge in [-0.2, -0.15) is 0 Å². The average Bonchev–Trinajstić information content (AvgIpc) is 2.30. The van der Waals surface area contributed by atoms with Crippen LogP contribution >= 0.6 is 0 Å². The molecular weight excluding hydrogens is 217 g/mol. The molecule has 1 rings (SSSR count). The number of hydrogen-bond donors (Lipinski definition) is 1. The zero-order chi connectivity index (χ0) is 12.7. The Morgan fingerprint density at radius 2 is 1.82 bits per heavy atom. The van der Waals surface area contributed by atoms with Crippen molar-refractivity contribution in [2.24, 2.45) is 0 Å². The summed E-state index contributed by atoms with van der Waals surface area (Å²) in [6.45, 7) is 8.96. The molecule has 96 valence electrons. The Morgan fingerprint density at radius 1 is 1.18 bits per heavy atom. The fourth-order valence-electron chi connectivity index (χ4n) is 1.79. The van der Waals surface area contributed by atoms with Crippen molar-refractivity contribution in [3.8, 4) is 0 Å². The summed E-state index contributed by atoms with van der Waals surface area (Å²) < 4.78 is 18.9. The lowest BCUT2D eigenvalue weighted by atomic mass is 10.0. The van der Waals surface area contributed by atoms with Gasteiger partial charge in [-0.3, -0.25) is 0 Å². The number of rotatable bonds is 7. The zero-order valence-electron chi connectivity index (χ0n) is 11.0. The first-order valence-electron chi connectivity index (χ1n) is 6.19. The average molecular weight is 239 g/mol. The highest BCUT2D eigenvalue weighted by molar-refractivity contribution is 5.30. The number of nitrogens with one attached hydrogen (secondary N) is 1. The van der Waals surface area contributed by atoms with Crippen molar-refractivity contribution in [3.63, 3.8) is 0 Å². The first-order chi connectivity index (χ1) is 8.15. The highest BCUT2D eigenvalue weighted by Gasteiger charge is 2.03. The van der Waals surface area contributed by atoms with Gasteiger partial charge in [0.1, 0.15) is 5.82 Å². The van der Waals surface area contributed by atoms with E-state index in [0.717, 1.165) is 31.7 Å². The van der Waals surface area contributed by atoms with Crippen molar-refractivity contribution in [3.05, 3.63) is 34.6 Å². The van der Waals surface area contributed by atoms with Crippen LogP contribution < -0.4 is 5.32 Å². The lowest BCUT2D eigenvalue weighted by Crippen LogP contribution is -2.19. The maximum absolute atomic E-state index is 13.4. The van der Waals surface area contributed by atoms with Crippen LogP contribution in [0.15, 0.2) is 12.1 Å². The van der Waals surface area contributed by atoms with E-state index in [2.05, 4.69) is 12.2 Å². The molecule has 0 unspecified atom stereocenters.